The molecule has 1 saturated heterocycles. The zero-order chi connectivity index (χ0) is 14.8. The van der Waals surface area contributed by atoms with Crippen molar-refractivity contribution in [2.45, 2.75) is 32.0 Å². The predicted octanol–water partition coefficient (Wildman–Crippen LogP) is 1.20. The number of nitrogens with one attached hydrogen (secondary N) is 1. The molecule has 0 unspecified atom stereocenters. The standard InChI is InChI=1S/C11H18F3N3O2/c1-10(2)8(18)17(9(19)15-10)7-6-16(3)5-4-11(12,13)14/h4-7H2,1-3H3,(H,15,19). The number of halogens is 3. The van der Waals surface area contributed by atoms with E-state index in [4.69, 9.17) is 0 Å². The third-order valence-corrected chi connectivity index (χ3v) is 2.93. The van der Waals surface area contributed by atoms with Gasteiger partial charge in [0.2, 0.25) is 0 Å². The van der Waals surface area contributed by atoms with Crippen LogP contribution in [0.1, 0.15) is 20.3 Å². The van der Waals surface area contributed by atoms with Crippen LogP contribution in [0.2, 0.25) is 0 Å². The molecule has 1 aliphatic heterocycles. The molecule has 0 atom stereocenters. The maximum absolute atomic E-state index is 12.0. The van der Waals surface area contributed by atoms with Gasteiger partial charge in [-0.25, -0.2) is 4.79 Å². The maximum atomic E-state index is 12.0. The van der Waals surface area contributed by atoms with Crippen LogP contribution in [0.3, 0.4) is 0 Å². The van der Waals surface area contributed by atoms with Gasteiger partial charge in [0.05, 0.1) is 6.42 Å². The van der Waals surface area contributed by atoms with E-state index in [1.807, 2.05) is 0 Å². The number of nitrogens with zero attached hydrogens (tertiary/aromatic N) is 2. The highest BCUT2D eigenvalue weighted by Gasteiger charge is 2.43. The second kappa shape index (κ2) is 5.36. The average Bonchev–Trinajstić information content (AvgIpc) is 2.42. The molecule has 0 bridgehead atoms. The number of carbonyl (C=O) groups excluding carboxylic acids is 2. The molecule has 1 fully saturated rings. The first-order chi connectivity index (χ1) is 8.53. The molecular weight excluding hydrogens is 263 g/mol. The zero-order valence-corrected chi connectivity index (χ0v) is 11.2. The molecule has 0 spiro atoms. The molecule has 19 heavy (non-hydrogen) atoms. The predicted molar refractivity (Wildman–Crippen MR) is 62.5 cm³/mol. The minimum absolute atomic E-state index is 0.0858. The van der Waals surface area contributed by atoms with E-state index in [0.717, 1.165) is 4.90 Å². The lowest BCUT2D eigenvalue weighted by Gasteiger charge is -2.21. The van der Waals surface area contributed by atoms with Gasteiger partial charge >= 0.3 is 12.2 Å². The van der Waals surface area contributed by atoms with Gasteiger partial charge in [0, 0.05) is 19.6 Å². The Morgan fingerprint density at radius 3 is 2.26 bits per heavy atom. The van der Waals surface area contributed by atoms with Crippen molar-refractivity contribution >= 4 is 11.9 Å². The normalized spacial score (nSPS) is 19.2. The Bertz CT molecular complexity index is 369. The van der Waals surface area contributed by atoms with E-state index < -0.39 is 24.2 Å². The fourth-order valence-electron chi connectivity index (χ4n) is 1.72. The number of urea groups is 1. The Morgan fingerprint density at radius 2 is 1.84 bits per heavy atom. The molecule has 3 amide bonds. The Kier molecular flexibility index (Phi) is 4.44. The van der Waals surface area contributed by atoms with Gasteiger partial charge in [0.25, 0.3) is 5.91 Å². The van der Waals surface area contributed by atoms with Gasteiger partial charge in [-0.15, -0.1) is 0 Å². The summed E-state index contributed by atoms with van der Waals surface area (Å²) in [5.41, 5.74) is -0.943. The number of amides is 3. The number of imide groups is 1. The minimum atomic E-state index is -4.20. The molecule has 0 aromatic rings. The van der Waals surface area contributed by atoms with E-state index in [1.54, 1.807) is 13.8 Å². The highest BCUT2D eigenvalue weighted by Crippen LogP contribution is 2.20. The van der Waals surface area contributed by atoms with Gasteiger partial charge in [-0.2, -0.15) is 13.2 Å². The molecule has 0 radical (unpaired) electrons. The van der Waals surface area contributed by atoms with E-state index in [1.165, 1.54) is 11.9 Å². The van der Waals surface area contributed by atoms with Crippen LogP contribution in [0.25, 0.3) is 0 Å². The molecular formula is C11H18F3N3O2. The summed E-state index contributed by atoms with van der Waals surface area (Å²) in [5, 5.41) is 2.51. The molecule has 1 N–H and O–H groups in total. The van der Waals surface area contributed by atoms with Crippen LogP contribution in [0, 0.1) is 0 Å². The summed E-state index contributed by atoms with van der Waals surface area (Å²) in [4.78, 5) is 25.8. The molecule has 0 aromatic heterocycles. The van der Waals surface area contributed by atoms with Crippen LogP contribution in [-0.2, 0) is 4.79 Å². The number of alkyl halides is 3. The van der Waals surface area contributed by atoms with Crippen LogP contribution in [-0.4, -0.2) is 60.1 Å². The summed E-state index contributed by atoms with van der Waals surface area (Å²) in [5.74, 6) is -0.360. The Morgan fingerprint density at radius 1 is 1.26 bits per heavy atom. The number of hydrogen-bond acceptors (Lipinski definition) is 3. The molecule has 8 heteroatoms. The quantitative estimate of drug-likeness (QED) is 0.770. The van der Waals surface area contributed by atoms with Gasteiger partial charge in [-0.05, 0) is 20.9 Å². The van der Waals surface area contributed by atoms with E-state index in [9.17, 15) is 22.8 Å². The minimum Gasteiger partial charge on any atom is -0.324 e. The number of carbonyl (C=O) groups is 2. The number of likely N-dealkylation sites (N-methyl/N-ethyl adjacent to an activating group) is 1. The van der Waals surface area contributed by atoms with Crippen molar-refractivity contribution in [1.82, 2.24) is 15.1 Å². The second-order valence-corrected chi connectivity index (χ2v) is 5.18. The van der Waals surface area contributed by atoms with Crippen LogP contribution in [0.15, 0.2) is 0 Å². The first kappa shape index (κ1) is 15.7. The van der Waals surface area contributed by atoms with Crippen LogP contribution >= 0.6 is 0 Å². The first-order valence-corrected chi connectivity index (χ1v) is 5.92. The van der Waals surface area contributed by atoms with Crippen molar-refractivity contribution in [1.29, 1.82) is 0 Å². The summed E-state index contributed by atoms with van der Waals surface area (Å²) < 4.78 is 36.1. The lowest BCUT2D eigenvalue weighted by molar-refractivity contribution is -0.138. The molecule has 5 nitrogen and oxygen atoms in total. The topological polar surface area (TPSA) is 52.6 Å². The van der Waals surface area contributed by atoms with Gasteiger partial charge in [0.1, 0.15) is 5.54 Å². The Hall–Kier alpha value is -1.31. The molecule has 110 valence electrons. The van der Waals surface area contributed by atoms with E-state index in [0.29, 0.717) is 0 Å². The third-order valence-electron chi connectivity index (χ3n) is 2.93. The molecule has 0 aromatic carbocycles. The third kappa shape index (κ3) is 4.38. The summed E-state index contributed by atoms with van der Waals surface area (Å²) in [6, 6.07) is -0.501. The fourth-order valence-corrected chi connectivity index (χ4v) is 1.72. The molecule has 1 heterocycles. The first-order valence-electron chi connectivity index (χ1n) is 5.92. The highest BCUT2D eigenvalue weighted by atomic mass is 19.4. The van der Waals surface area contributed by atoms with E-state index >= 15 is 0 Å². The zero-order valence-electron chi connectivity index (χ0n) is 11.2. The lowest BCUT2D eigenvalue weighted by Crippen LogP contribution is -2.41. The largest absolute Gasteiger partial charge is 0.390 e. The fraction of sp³-hybridized carbons (Fsp3) is 0.818. The van der Waals surface area contributed by atoms with Crippen LogP contribution < -0.4 is 5.32 Å². The average molecular weight is 281 g/mol. The molecule has 0 aliphatic carbocycles. The second-order valence-electron chi connectivity index (χ2n) is 5.18. The molecule has 1 aliphatic rings. The van der Waals surface area contributed by atoms with Gasteiger partial charge < -0.3 is 10.2 Å². The monoisotopic (exact) mass is 281 g/mol. The maximum Gasteiger partial charge on any atom is 0.390 e. The van der Waals surface area contributed by atoms with Crippen LogP contribution in [0.4, 0.5) is 18.0 Å². The Balaban J connectivity index is 2.41. The lowest BCUT2D eigenvalue weighted by atomic mass is 10.1. The van der Waals surface area contributed by atoms with E-state index in [-0.39, 0.29) is 25.5 Å². The summed E-state index contributed by atoms with van der Waals surface area (Å²) in [7, 11) is 1.52. The van der Waals surface area contributed by atoms with Crippen molar-refractivity contribution in [3.63, 3.8) is 0 Å². The van der Waals surface area contributed by atoms with Gasteiger partial charge in [0.15, 0.2) is 0 Å². The van der Waals surface area contributed by atoms with Gasteiger partial charge in [-0.1, -0.05) is 0 Å². The Labute approximate surface area is 109 Å². The summed E-state index contributed by atoms with van der Waals surface area (Å²) in [6.07, 6.45) is -5.10. The van der Waals surface area contributed by atoms with Crippen molar-refractivity contribution < 1.29 is 22.8 Å². The number of hydrogen-bond donors (Lipinski definition) is 1. The highest BCUT2D eigenvalue weighted by molar-refractivity contribution is 6.06. The van der Waals surface area contributed by atoms with Gasteiger partial charge in [-0.3, -0.25) is 9.69 Å². The van der Waals surface area contributed by atoms with Crippen molar-refractivity contribution in [3.8, 4) is 0 Å². The van der Waals surface area contributed by atoms with Crippen molar-refractivity contribution in [3.05, 3.63) is 0 Å². The number of rotatable bonds is 5. The smallest absolute Gasteiger partial charge is 0.324 e. The summed E-state index contributed by atoms with van der Waals surface area (Å²) >= 11 is 0. The summed E-state index contributed by atoms with van der Waals surface area (Å²) in [6.45, 7) is 3.31. The van der Waals surface area contributed by atoms with E-state index in [2.05, 4.69) is 5.32 Å². The molecule has 0 saturated carbocycles. The van der Waals surface area contributed by atoms with Crippen molar-refractivity contribution in [2.24, 2.45) is 0 Å². The molecule has 1 rings (SSSR count). The SMILES string of the molecule is CN(CCN1C(=O)NC(C)(C)C1=O)CCC(F)(F)F. The van der Waals surface area contributed by atoms with Crippen LogP contribution in [0.5, 0.6) is 0 Å². The van der Waals surface area contributed by atoms with Crippen molar-refractivity contribution in [2.75, 3.05) is 26.7 Å².